The number of benzene rings is 2. The fourth-order valence-electron chi connectivity index (χ4n) is 2.77. The number of carbonyl (C=O) groups excluding carboxylic acids is 3. The molecule has 32 heavy (non-hydrogen) atoms. The zero-order valence-electron chi connectivity index (χ0n) is 17.8. The van der Waals surface area contributed by atoms with Crippen molar-refractivity contribution >= 4 is 17.8 Å². The molecular formula is C23H22N2O7. The highest BCUT2D eigenvalue weighted by Gasteiger charge is 2.15. The van der Waals surface area contributed by atoms with Crippen LogP contribution in [-0.4, -0.2) is 36.7 Å². The first kappa shape index (κ1) is 22.5. The number of carbonyl (C=O) groups is 3. The number of amides is 2. The lowest BCUT2D eigenvalue weighted by molar-refractivity contribution is -0.123. The van der Waals surface area contributed by atoms with Crippen LogP contribution in [-0.2, 0) is 16.1 Å². The largest absolute Gasteiger partial charge is 0.497 e. The van der Waals surface area contributed by atoms with Crippen molar-refractivity contribution in [2.75, 3.05) is 13.7 Å². The number of imide groups is 1. The van der Waals surface area contributed by atoms with Gasteiger partial charge in [-0.1, -0.05) is 11.2 Å². The van der Waals surface area contributed by atoms with Crippen LogP contribution in [0.25, 0.3) is 0 Å². The van der Waals surface area contributed by atoms with Crippen LogP contribution in [0.5, 0.6) is 11.5 Å². The maximum atomic E-state index is 12.3. The average Bonchev–Trinajstić information content (AvgIpc) is 3.13. The molecule has 2 amide bonds. The number of nitrogens with one attached hydrogen (secondary N) is 1. The van der Waals surface area contributed by atoms with Gasteiger partial charge in [-0.2, -0.15) is 0 Å². The molecule has 0 bridgehead atoms. The molecule has 2 aromatic carbocycles. The lowest BCUT2D eigenvalue weighted by Gasteiger charge is -2.09. The van der Waals surface area contributed by atoms with Gasteiger partial charge in [0.2, 0.25) is 0 Å². The van der Waals surface area contributed by atoms with Crippen LogP contribution < -0.4 is 14.8 Å². The summed E-state index contributed by atoms with van der Waals surface area (Å²) in [5, 5.41) is 6.03. The molecule has 3 aromatic rings. The number of aryl methyl sites for hydroxylation is 2. The summed E-state index contributed by atoms with van der Waals surface area (Å²) in [6.45, 7) is 3.23. The van der Waals surface area contributed by atoms with Crippen molar-refractivity contribution in [2.24, 2.45) is 0 Å². The van der Waals surface area contributed by atoms with E-state index in [0.29, 0.717) is 17.3 Å². The summed E-state index contributed by atoms with van der Waals surface area (Å²) >= 11 is 0. The van der Waals surface area contributed by atoms with Crippen LogP contribution in [0, 0.1) is 13.8 Å². The van der Waals surface area contributed by atoms with Gasteiger partial charge in [0.25, 0.3) is 11.8 Å². The fourth-order valence-corrected chi connectivity index (χ4v) is 2.77. The van der Waals surface area contributed by atoms with Gasteiger partial charge < -0.3 is 18.7 Å². The van der Waals surface area contributed by atoms with Crippen molar-refractivity contribution in [1.29, 1.82) is 0 Å². The summed E-state index contributed by atoms with van der Waals surface area (Å²) < 4.78 is 20.8. The van der Waals surface area contributed by atoms with E-state index >= 15 is 0 Å². The molecule has 166 valence electrons. The number of hydrogen-bond acceptors (Lipinski definition) is 8. The molecule has 0 aliphatic carbocycles. The molecule has 0 unspecified atom stereocenters. The molecule has 1 aromatic heterocycles. The Morgan fingerprint density at radius 3 is 2.41 bits per heavy atom. The molecule has 0 atom stereocenters. The molecule has 0 spiro atoms. The Kier molecular flexibility index (Phi) is 7.22. The maximum Gasteiger partial charge on any atom is 0.338 e. The van der Waals surface area contributed by atoms with Crippen LogP contribution in [0.15, 0.2) is 53.1 Å². The van der Waals surface area contributed by atoms with Gasteiger partial charge in [-0.3, -0.25) is 14.9 Å². The van der Waals surface area contributed by atoms with Crippen LogP contribution in [0.1, 0.15) is 37.7 Å². The molecule has 1 N–H and O–H groups in total. The van der Waals surface area contributed by atoms with E-state index in [-0.39, 0.29) is 17.7 Å². The van der Waals surface area contributed by atoms with Crippen LogP contribution in [0.3, 0.4) is 0 Å². The first-order valence-corrected chi connectivity index (χ1v) is 9.67. The van der Waals surface area contributed by atoms with Gasteiger partial charge in [0.15, 0.2) is 6.61 Å². The molecule has 0 saturated heterocycles. The van der Waals surface area contributed by atoms with Crippen molar-refractivity contribution in [1.82, 2.24) is 10.5 Å². The Balaban J connectivity index is 1.51. The van der Waals surface area contributed by atoms with Crippen molar-refractivity contribution in [3.05, 3.63) is 76.7 Å². The zero-order valence-corrected chi connectivity index (χ0v) is 17.8. The Morgan fingerprint density at radius 2 is 1.75 bits per heavy atom. The SMILES string of the molecule is COc1ccc(C(=O)NC(=O)COC(=O)c2cccc(OCc3c(C)noc3C)c2)cc1. The van der Waals surface area contributed by atoms with Crippen LogP contribution in [0.2, 0.25) is 0 Å². The minimum absolute atomic E-state index is 0.204. The van der Waals surface area contributed by atoms with Crippen LogP contribution >= 0.6 is 0 Å². The van der Waals surface area contributed by atoms with E-state index in [1.165, 1.54) is 31.4 Å². The Labute approximate surface area is 184 Å². The second-order valence-corrected chi connectivity index (χ2v) is 6.80. The zero-order chi connectivity index (χ0) is 23.1. The number of methoxy groups -OCH3 is 1. The summed E-state index contributed by atoms with van der Waals surface area (Å²) in [6, 6.07) is 12.6. The number of nitrogens with zero attached hydrogens (tertiary/aromatic N) is 1. The van der Waals surface area contributed by atoms with Crippen molar-refractivity contribution < 1.29 is 33.1 Å². The summed E-state index contributed by atoms with van der Waals surface area (Å²) in [7, 11) is 1.51. The smallest absolute Gasteiger partial charge is 0.338 e. The third kappa shape index (κ3) is 5.72. The molecule has 3 rings (SSSR count). The van der Waals surface area contributed by atoms with Gasteiger partial charge in [-0.15, -0.1) is 0 Å². The lowest BCUT2D eigenvalue weighted by Crippen LogP contribution is -2.34. The highest BCUT2D eigenvalue weighted by molar-refractivity contribution is 6.05. The van der Waals surface area contributed by atoms with Gasteiger partial charge in [0, 0.05) is 5.56 Å². The number of esters is 1. The number of ether oxygens (including phenoxy) is 3. The van der Waals surface area contributed by atoms with Gasteiger partial charge in [-0.05, 0) is 56.3 Å². The van der Waals surface area contributed by atoms with E-state index in [0.717, 1.165) is 11.3 Å². The fraction of sp³-hybridized carbons (Fsp3) is 0.217. The molecule has 0 saturated carbocycles. The first-order chi connectivity index (χ1) is 15.4. The summed E-state index contributed by atoms with van der Waals surface area (Å²) in [4.78, 5) is 36.4. The quantitative estimate of drug-likeness (QED) is 0.534. The maximum absolute atomic E-state index is 12.3. The van der Waals surface area contributed by atoms with Gasteiger partial charge >= 0.3 is 5.97 Å². The summed E-state index contributed by atoms with van der Waals surface area (Å²) in [6.07, 6.45) is 0. The monoisotopic (exact) mass is 438 g/mol. The minimum atomic E-state index is -0.745. The molecule has 0 fully saturated rings. The number of hydrogen-bond donors (Lipinski definition) is 1. The molecule has 9 nitrogen and oxygen atoms in total. The van der Waals surface area contributed by atoms with Crippen molar-refractivity contribution in [3.63, 3.8) is 0 Å². The number of rotatable bonds is 8. The van der Waals surface area contributed by atoms with E-state index in [1.54, 1.807) is 31.2 Å². The Hall–Kier alpha value is -4.14. The second kappa shape index (κ2) is 10.3. The predicted octanol–water partition coefficient (Wildman–Crippen LogP) is 2.99. The van der Waals surface area contributed by atoms with E-state index in [4.69, 9.17) is 18.7 Å². The van der Waals surface area contributed by atoms with Gasteiger partial charge in [-0.25, -0.2) is 4.79 Å². The number of aromatic nitrogens is 1. The lowest BCUT2D eigenvalue weighted by atomic mass is 10.2. The molecular weight excluding hydrogens is 416 g/mol. The standard InChI is InChI=1S/C23H22N2O7/c1-14-20(15(2)32-25-14)12-30-19-6-4-5-17(11-19)23(28)31-13-21(26)24-22(27)16-7-9-18(29-3)10-8-16/h4-11H,12-13H2,1-3H3,(H,24,26,27). The molecule has 0 aliphatic heterocycles. The van der Waals surface area contributed by atoms with Crippen LogP contribution in [0.4, 0.5) is 0 Å². The van der Waals surface area contributed by atoms with Crippen molar-refractivity contribution in [2.45, 2.75) is 20.5 Å². The van der Waals surface area contributed by atoms with Gasteiger partial charge in [0.05, 0.1) is 23.9 Å². The normalized spacial score (nSPS) is 10.3. The third-order valence-electron chi connectivity index (χ3n) is 4.57. The molecule has 1 heterocycles. The van der Waals surface area contributed by atoms with E-state index in [1.807, 2.05) is 6.92 Å². The topological polar surface area (TPSA) is 117 Å². The third-order valence-corrected chi connectivity index (χ3v) is 4.57. The van der Waals surface area contributed by atoms with Crippen molar-refractivity contribution in [3.8, 4) is 11.5 Å². The average molecular weight is 438 g/mol. The second-order valence-electron chi connectivity index (χ2n) is 6.80. The summed E-state index contributed by atoms with van der Waals surface area (Å²) in [5.74, 6) is -0.389. The van der Waals surface area contributed by atoms with E-state index in [2.05, 4.69) is 10.5 Å². The van der Waals surface area contributed by atoms with Gasteiger partial charge in [0.1, 0.15) is 23.9 Å². The predicted molar refractivity (Wildman–Crippen MR) is 113 cm³/mol. The highest BCUT2D eigenvalue weighted by atomic mass is 16.5. The molecule has 0 radical (unpaired) electrons. The Bertz CT molecular complexity index is 1100. The summed E-state index contributed by atoms with van der Waals surface area (Å²) in [5.41, 5.74) is 2.04. The first-order valence-electron chi connectivity index (χ1n) is 9.67. The van der Waals surface area contributed by atoms with E-state index in [9.17, 15) is 14.4 Å². The van der Waals surface area contributed by atoms with E-state index < -0.39 is 24.4 Å². The minimum Gasteiger partial charge on any atom is -0.497 e. The highest BCUT2D eigenvalue weighted by Crippen LogP contribution is 2.19. The Morgan fingerprint density at radius 1 is 1.00 bits per heavy atom. The molecule has 9 heteroatoms. The molecule has 0 aliphatic rings.